The van der Waals surface area contributed by atoms with Crippen molar-refractivity contribution in [2.75, 3.05) is 13.1 Å². The summed E-state index contributed by atoms with van der Waals surface area (Å²) in [6.07, 6.45) is 4.63. The minimum Gasteiger partial charge on any atom is -0.472 e. The third-order valence-electron chi connectivity index (χ3n) is 3.51. The molecule has 1 fully saturated rings. The summed E-state index contributed by atoms with van der Waals surface area (Å²) >= 11 is 3.48. The predicted molar refractivity (Wildman–Crippen MR) is 71.1 cm³/mol. The van der Waals surface area contributed by atoms with Gasteiger partial charge in [-0.1, -0.05) is 28.1 Å². The average Bonchev–Trinajstić information content (AvgIpc) is 2.77. The van der Waals surface area contributed by atoms with E-state index in [2.05, 4.69) is 51.6 Å². The van der Waals surface area contributed by atoms with E-state index in [1.165, 1.54) is 11.1 Å². The van der Waals surface area contributed by atoms with E-state index in [4.69, 9.17) is 4.42 Å². The van der Waals surface area contributed by atoms with E-state index in [9.17, 15) is 0 Å². The van der Waals surface area contributed by atoms with Gasteiger partial charge in [0.2, 0.25) is 0 Å². The average molecular weight is 292 g/mol. The summed E-state index contributed by atoms with van der Waals surface area (Å²) in [6, 6.07) is 10.7. The second-order valence-corrected chi connectivity index (χ2v) is 5.61. The molecule has 0 atom stereocenters. The highest BCUT2D eigenvalue weighted by Gasteiger charge is 2.38. The van der Waals surface area contributed by atoms with Crippen molar-refractivity contribution in [3.8, 4) is 0 Å². The zero-order chi connectivity index (χ0) is 11.7. The SMILES string of the molecule is Brc1ccc(C2(Cc3ccoc3)CNC2)cc1. The molecular formula is C14H14BrNO. The van der Waals surface area contributed by atoms with Gasteiger partial charge in [0.05, 0.1) is 12.5 Å². The number of halogens is 1. The van der Waals surface area contributed by atoms with Crippen molar-refractivity contribution in [1.29, 1.82) is 0 Å². The normalized spacial score (nSPS) is 17.7. The van der Waals surface area contributed by atoms with Crippen LogP contribution in [-0.2, 0) is 11.8 Å². The lowest BCUT2D eigenvalue weighted by molar-refractivity contribution is 0.274. The second kappa shape index (κ2) is 4.31. The predicted octanol–water partition coefficient (Wildman–Crippen LogP) is 3.13. The minimum atomic E-state index is 0.241. The van der Waals surface area contributed by atoms with Crippen LogP contribution in [0.1, 0.15) is 11.1 Å². The first kappa shape index (κ1) is 11.1. The van der Waals surface area contributed by atoms with Crippen LogP contribution in [0, 0.1) is 0 Å². The number of nitrogens with one attached hydrogen (secondary N) is 1. The van der Waals surface area contributed by atoms with Gasteiger partial charge in [-0.15, -0.1) is 0 Å². The monoisotopic (exact) mass is 291 g/mol. The first-order valence-electron chi connectivity index (χ1n) is 5.76. The second-order valence-electron chi connectivity index (χ2n) is 4.70. The molecule has 0 radical (unpaired) electrons. The van der Waals surface area contributed by atoms with Gasteiger partial charge in [0.1, 0.15) is 0 Å². The van der Waals surface area contributed by atoms with Crippen LogP contribution in [0.2, 0.25) is 0 Å². The van der Waals surface area contributed by atoms with Gasteiger partial charge in [0.15, 0.2) is 0 Å². The van der Waals surface area contributed by atoms with Crippen LogP contribution in [0.5, 0.6) is 0 Å². The first-order valence-corrected chi connectivity index (χ1v) is 6.56. The van der Waals surface area contributed by atoms with Crippen LogP contribution in [-0.4, -0.2) is 13.1 Å². The number of benzene rings is 1. The zero-order valence-corrected chi connectivity index (χ0v) is 11.0. The molecule has 0 unspecified atom stereocenters. The Kier molecular flexibility index (Phi) is 2.81. The van der Waals surface area contributed by atoms with Crippen molar-refractivity contribution in [2.24, 2.45) is 0 Å². The molecule has 17 heavy (non-hydrogen) atoms. The highest BCUT2D eigenvalue weighted by Crippen LogP contribution is 2.33. The maximum atomic E-state index is 5.16. The lowest BCUT2D eigenvalue weighted by Gasteiger charge is -2.43. The van der Waals surface area contributed by atoms with Crippen LogP contribution < -0.4 is 5.32 Å². The van der Waals surface area contributed by atoms with Crippen LogP contribution in [0.3, 0.4) is 0 Å². The molecule has 0 aliphatic carbocycles. The molecule has 0 bridgehead atoms. The van der Waals surface area contributed by atoms with Crippen molar-refractivity contribution < 1.29 is 4.42 Å². The van der Waals surface area contributed by atoms with Gasteiger partial charge in [-0.25, -0.2) is 0 Å². The largest absolute Gasteiger partial charge is 0.472 e. The van der Waals surface area contributed by atoms with E-state index < -0.39 is 0 Å². The number of furan rings is 1. The van der Waals surface area contributed by atoms with Crippen molar-refractivity contribution in [1.82, 2.24) is 5.32 Å². The molecule has 0 spiro atoms. The van der Waals surface area contributed by atoms with Crippen LogP contribution in [0.15, 0.2) is 51.7 Å². The summed E-state index contributed by atoms with van der Waals surface area (Å²) in [7, 11) is 0. The summed E-state index contributed by atoms with van der Waals surface area (Å²) in [5.41, 5.74) is 2.92. The quantitative estimate of drug-likeness (QED) is 0.940. The molecule has 2 heterocycles. The molecule has 1 aliphatic rings. The van der Waals surface area contributed by atoms with E-state index in [-0.39, 0.29) is 5.41 Å². The number of rotatable bonds is 3. The third-order valence-corrected chi connectivity index (χ3v) is 4.03. The maximum Gasteiger partial charge on any atom is 0.0934 e. The van der Waals surface area contributed by atoms with Crippen molar-refractivity contribution in [2.45, 2.75) is 11.8 Å². The van der Waals surface area contributed by atoms with E-state index in [0.717, 1.165) is 24.0 Å². The number of hydrogen-bond donors (Lipinski definition) is 1. The van der Waals surface area contributed by atoms with E-state index in [0.29, 0.717) is 0 Å². The van der Waals surface area contributed by atoms with Crippen molar-refractivity contribution in [3.63, 3.8) is 0 Å². The Hall–Kier alpha value is -1.06. The highest BCUT2D eigenvalue weighted by molar-refractivity contribution is 9.10. The van der Waals surface area contributed by atoms with Crippen LogP contribution in [0.4, 0.5) is 0 Å². The summed E-state index contributed by atoms with van der Waals surface area (Å²) in [6.45, 7) is 2.08. The van der Waals surface area contributed by atoms with E-state index in [1.54, 1.807) is 6.26 Å². The van der Waals surface area contributed by atoms with E-state index >= 15 is 0 Å². The molecule has 2 nitrogen and oxygen atoms in total. The Morgan fingerprint density at radius 1 is 1.18 bits per heavy atom. The highest BCUT2D eigenvalue weighted by atomic mass is 79.9. The fourth-order valence-electron chi connectivity index (χ4n) is 2.45. The maximum absolute atomic E-state index is 5.16. The standard InChI is InChI=1S/C14H14BrNO/c15-13-3-1-12(2-4-13)14(9-16-10-14)7-11-5-6-17-8-11/h1-6,8,16H,7,9-10H2. The van der Waals surface area contributed by atoms with E-state index in [1.807, 2.05) is 6.26 Å². The van der Waals surface area contributed by atoms with Crippen molar-refractivity contribution >= 4 is 15.9 Å². The Morgan fingerprint density at radius 2 is 1.94 bits per heavy atom. The molecule has 0 saturated carbocycles. The smallest absolute Gasteiger partial charge is 0.0934 e. The van der Waals surface area contributed by atoms with Gasteiger partial charge >= 0.3 is 0 Å². The minimum absolute atomic E-state index is 0.241. The molecule has 88 valence electrons. The molecule has 3 heteroatoms. The molecule has 3 rings (SSSR count). The van der Waals surface area contributed by atoms with Gasteiger partial charge in [0.25, 0.3) is 0 Å². The van der Waals surface area contributed by atoms with Gasteiger partial charge in [-0.2, -0.15) is 0 Å². The molecule has 1 aromatic heterocycles. The number of hydrogen-bond acceptors (Lipinski definition) is 2. The van der Waals surface area contributed by atoms with Crippen LogP contribution in [0.25, 0.3) is 0 Å². The van der Waals surface area contributed by atoms with Crippen molar-refractivity contribution in [3.05, 3.63) is 58.5 Å². The Bertz CT molecular complexity index is 485. The Balaban J connectivity index is 1.89. The summed E-state index contributed by atoms with van der Waals surface area (Å²) in [5.74, 6) is 0. The summed E-state index contributed by atoms with van der Waals surface area (Å²) in [4.78, 5) is 0. The van der Waals surface area contributed by atoms with Gasteiger partial charge in [0, 0.05) is 23.0 Å². The molecule has 2 aromatic rings. The van der Waals surface area contributed by atoms with Crippen LogP contribution >= 0.6 is 15.9 Å². The zero-order valence-electron chi connectivity index (χ0n) is 9.45. The molecule has 1 N–H and O–H groups in total. The fraction of sp³-hybridized carbons (Fsp3) is 0.286. The lowest BCUT2D eigenvalue weighted by Crippen LogP contribution is -2.58. The Morgan fingerprint density at radius 3 is 2.47 bits per heavy atom. The fourth-order valence-corrected chi connectivity index (χ4v) is 2.71. The third kappa shape index (κ3) is 2.05. The molecule has 1 aliphatic heterocycles. The van der Waals surface area contributed by atoms with Gasteiger partial charge < -0.3 is 9.73 Å². The topological polar surface area (TPSA) is 25.2 Å². The lowest BCUT2D eigenvalue weighted by atomic mass is 9.71. The molecular weight excluding hydrogens is 278 g/mol. The van der Waals surface area contributed by atoms with Gasteiger partial charge in [-0.05, 0) is 35.7 Å². The van der Waals surface area contributed by atoms with Gasteiger partial charge in [-0.3, -0.25) is 0 Å². The first-order chi connectivity index (χ1) is 8.28. The molecule has 1 saturated heterocycles. The molecule has 0 amide bonds. The summed E-state index contributed by atoms with van der Waals surface area (Å²) < 4.78 is 6.29. The molecule has 1 aromatic carbocycles. The Labute approximate surface area is 109 Å². The summed E-state index contributed by atoms with van der Waals surface area (Å²) in [5, 5.41) is 3.39.